The van der Waals surface area contributed by atoms with E-state index in [1.165, 1.54) is 32.1 Å². The molecule has 1 aromatic heterocycles. The lowest BCUT2D eigenvalue weighted by molar-refractivity contribution is -0.0378. The molecule has 1 amide bonds. The summed E-state index contributed by atoms with van der Waals surface area (Å²) in [6.07, 6.45) is 6.76. The fourth-order valence-electron chi connectivity index (χ4n) is 5.26. The maximum absolute atomic E-state index is 13.4. The molecule has 2 aromatic rings. The van der Waals surface area contributed by atoms with E-state index in [4.69, 9.17) is 14.5 Å². The average Bonchev–Trinajstić information content (AvgIpc) is 2.84. The van der Waals surface area contributed by atoms with Crippen LogP contribution < -0.4 is 0 Å². The van der Waals surface area contributed by atoms with E-state index in [1.54, 1.807) is 0 Å². The van der Waals surface area contributed by atoms with Gasteiger partial charge in [-0.05, 0) is 30.9 Å². The average molecular weight is 424 g/mol. The number of morpholine rings is 2. The van der Waals surface area contributed by atoms with Gasteiger partial charge in [-0.25, -0.2) is 4.98 Å². The minimum Gasteiger partial charge on any atom is -0.378 e. The minimum atomic E-state index is -0.0850. The smallest absolute Gasteiger partial charge is 0.254 e. The Morgan fingerprint density at radius 2 is 1.84 bits per heavy atom. The number of pyridine rings is 1. The van der Waals surface area contributed by atoms with Gasteiger partial charge in [0.05, 0.1) is 36.6 Å². The van der Waals surface area contributed by atoms with Gasteiger partial charge < -0.3 is 14.4 Å². The molecule has 5 rings (SSSR count). The monoisotopic (exact) mass is 423 g/mol. The maximum atomic E-state index is 13.4. The molecule has 0 radical (unpaired) electrons. The lowest BCUT2D eigenvalue weighted by Crippen LogP contribution is -2.42. The van der Waals surface area contributed by atoms with Crippen molar-refractivity contribution in [2.45, 2.75) is 38.2 Å². The van der Waals surface area contributed by atoms with Gasteiger partial charge in [-0.15, -0.1) is 0 Å². The van der Waals surface area contributed by atoms with Gasteiger partial charge in [0.25, 0.3) is 5.91 Å². The number of hydrogen-bond acceptors (Lipinski definition) is 5. The number of nitrogens with zero attached hydrogens (tertiary/aromatic N) is 3. The number of rotatable bonds is 4. The number of para-hydroxylation sites is 1. The molecule has 0 bridgehead atoms. The summed E-state index contributed by atoms with van der Waals surface area (Å²) in [7, 11) is 0. The Labute approximate surface area is 184 Å². The van der Waals surface area contributed by atoms with Gasteiger partial charge in [0.1, 0.15) is 6.10 Å². The third kappa shape index (κ3) is 4.76. The molecule has 1 unspecified atom stereocenters. The van der Waals surface area contributed by atoms with Crippen LogP contribution in [0.15, 0.2) is 30.3 Å². The Kier molecular flexibility index (Phi) is 6.48. The predicted octanol–water partition coefficient (Wildman–Crippen LogP) is 3.66. The third-order valence-electron chi connectivity index (χ3n) is 6.99. The van der Waals surface area contributed by atoms with Crippen molar-refractivity contribution in [1.29, 1.82) is 0 Å². The summed E-state index contributed by atoms with van der Waals surface area (Å²) in [6, 6.07) is 9.94. The molecular formula is C25H33N3O3. The largest absolute Gasteiger partial charge is 0.378 e. The highest BCUT2D eigenvalue weighted by atomic mass is 16.5. The number of carbonyl (C=O) groups is 1. The molecule has 6 heteroatoms. The molecule has 1 saturated carbocycles. The van der Waals surface area contributed by atoms with E-state index in [0.29, 0.717) is 26.3 Å². The molecule has 166 valence electrons. The second-order valence-electron chi connectivity index (χ2n) is 9.14. The molecule has 3 heterocycles. The van der Waals surface area contributed by atoms with E-state index in [9.17, 15) is 4.79 Å². The minimum absolute atomic E-state index is 0.0676. The second kappa shape index (κ2) is 9.63. The van der Waals surface area contributed by atoms with E-state index >= 15 is 0 Å². The summed E-state index contributed by atoms with van der Waals surface area (Å²) in [5, 5.41) is 0.914. The predicted molar refractivity (Wildman–Crippen MR) is 120 cm³/mol. The van der Waals surface area contributed by atoms with Crippen molar-refractivity contribution in [1.82, 2.24) is 14.8 Å². The van der Waals surface area contributed by atoms with Gasteiger partial charge in [-0.1, -0.05) is 37.5 Å². The highest BCUT2D eigenvalue weighted by Crippen LogP contribution is 2.29. The van der Waals surface area contributed by atoms with Crippen molar-refractivity contribution in [3.05, 3.63) is 41.6 Å². The van der Waals surface area contributed by atoms with Crippen molar-refractivity contribution in [2.75, 3.05) is 52.5 Å². The molecular weight excluding hydrogens is 390 g/mol. The zero-order valence-electron chi connectivity index (χ0n) is 18.3. The Morgan fingerprint density at radius 3 is 2.68 bits per heavy atom. The van der Waals surface area contributed by atoms with Gasteiger partial charge >= 0.3 is 0 Å². The first kappa shape index (κ1) is 20.9. The number of carbonyl (C=O) groups excluding carboxylic acids is 1. The third-order valence-corrected chi connectivity index (χ3v) is 6.99. The number of amides is 1. The summed E-state index contributed by atoms with van der Waals surface area (Å²) in [5.74, 6) is 0.883. The van der Waals surface area contributed by atoms with Gasteiger partial charge in [-0.2, -0.15) is 0 Å². The molecule has 2 aliphatic heterocycles. The molecule has 1 atom stereocenters. The van der Waals surface area contributed by atoms with Crippen LogP contribution in [0.2, 0.25) is 0 Å². The lowest BCUT2D eigenvalue weighted by Gasteiger charge is -2.36. The van der Waals surface area contributed by atoms with Gasteiger partial charge in [0.2, 0.25) is 0 Å². The molecule has 2 saturated heterocycles. The molecule has 31 heavy (non-hydrogen) atoms. The quantitative estimate of drug-likeness (QED) is 0.751. The van der Waals surface area contributed by atoms with E-state index in [2.05, 4.69) is 4.90 Å². The van der Waals surface area contributed by atoms with Crippen LogP contribution in [-0.4, -0.2) is 73.2 Å². The Hall–Kier alpha value is -2.02. The molecule has 3 aliphatic rings. The topological polar surface area (TPSA) is 54.9 Å². The highest BCUT2D eigenvalue weighted by Gasteiger charge is 2.28. The lowest BCUT2D eigenvalue weighted by atomic mass is 9.89. The first-order chi connectivity index (χ1) is 15.3. The normalized spacial score (nSPS) is 23.9. The van der Waals surface area contributed by atoms with Crippen LogP contribution in [-0.2, 0) is 9.47 Å². The van der Waals surface area contributed by atoms with Crippen molar-refractivity contribution < 1.29 is 14.3 Å². The van der Waals surface area contributed by atoms with Gasteiger partial charge in [-0.3, -0.25) is 9.69 Å². The maximum Gasteiger partial charge on any atom is 0.254 e. The standard InChI is InChI=1S/C25H33N3O3/c29-25(28-11-13-30-14-12-28)21-16-23(26-22-9-5-4-8-20(21)22)24-18-27(10-15-31-24)17-19-6-2-1-3-7-19/h4-5,8-9,16,19,24H,1-3,6-7,10-15,17-18H2. The van der Waals surface area contributed by atoms with Crippen molar-refractivity contribution in [2.24, 2.45) is 5.92 Å². The summed E-state index contributed by atoms with van der Waals surface area (Å²) in [4.78, 5) is 22.7. The zero-order chi connectivity index (χ0) is 21.0. The molecule has 3 fully saturated rings. The Bertz CT molecular complexity index is 906. The van der Waals surface area contributed by atoms with Crippen LogP contribution in [0.1, 0.15) is 54.3 Å². The number of benzene rings is 1. The van der Waals surface area contributed by atoms with Crippen LogP contribution >= 0.6 is 0 Å². The number of ether oxygens (including phenoxy) is 2. The number of fused-ring (bicyclic) bond motifs is 1. The summed E-state index contributed by atoms with van der Waals surface area (Å²) >= 11 is 0. The molecule has 6 nitrogen and oxygen atoms in total. The van der Waals surface area contributed by atoms with E-state index in [-0.39, 0.29) is 12.0 Å². The summed E-state index contributed by atoms with van der Waals surface area (Å²) in [5.41, 5.74) is 2.48. The Morgan fingerprint density at radius 1 is 1.03 bits per heavy atom. The SMILES string of the molecule is O=C(c1cc(C2CN(CC3CCCCC3)CCO2)nc2ccccc12)N1CCOCC1. The van der Waals surface area contributed by atoms with E-state index in [1.807, 2.05) is 35.2 Å². The fourth-order valence-corrected chi connectivity index (χ4v) is 5.26. The van der Waals surface area contributed by atoms with Crippen LogP contribution in [0.3, 0.4) is 0 Å². The van der Waals surface area contributed by atoms with Crippen LogP contribution in [0.4, 0.5) is 0 Å². The van der Waals surface area contributed by atoms with Crippen molar-refractivity contribution in [3.63, 3.8) is 0 Å². The van der Waals surface area contributed by atoms with Crippen molar-refractivity contribution in [3.8, 4) is 0 Å². The van der Waals surface area contributed by atoms with Crippen molar-refractivity contribution >= 4 is 16.8 Å². The van der Waals surface area contributed by atoms with E-state index in [0.717, 1.165) is 54.3 Å². The first-order valence-corrected chi connectivity index (χ1v) is 11.9. The van der Waals surface area contributed by atoms with E-state index < -0.39 is 0 Å². The first-order valence-electron chi connectivity index (χ1n) is 11.9. The molecule has 0 spiro atoms. The molecule has 0 N–H and O–H groups in total. The summed E-state index contributed by atoms with van der Waals surface area (Å²) in [6.45, 7) is 6.20. The second-order valence-corrected chi connectivity index (χ2v) is 9.14. The summed E-state index contributed by atoms with van der Waals surface area (Å²) < 4.78 is 11.6. The van der Waals surface area contributed by atoms with Gasteiger partial charge in [0, 0.05) is 38.1 Å². The zero-order valence-corrected chi connectivity index (χ0v) is 18.3. The van der Waals surface area contributed by atoms with Crippen LogP contribution in [0.5, 0.6) is 0 Å². The van der Waals surface area contributed by atoms with Crippen LogP contribution in [0.25, 0.3) is 10.9 Å². The molecule has 1 aromatic carbocycles. The number of aromatic nitrogens is 1. The molecule has 1 aliphatic carbocycles. The fraction of sp³-hybridized carbons (Fsp3) is 0.600. The number of hydrogen-bond donors (Lipinski definition) is 0. The Balaban J connectivity index is 1.39. The van der Waals surface area contributed by atoms with Crippen LogP contribution in [0, 0.1) is 5.92 Å². The van der Waals surface area contributed by atoms with Gasteiger partial charge in [0.15, 0.2) is 0 Å². The highest BCUT2D eigenvalue weighted by molar-refractivity contribution is 6.06.